The summed E-state index contributed by atoms with van der Waals surface area (Å²) in [6.07, 6.45) is 0.800. The van der Waals surface area contributed by atoms with E-state index in [0.29, 0.717) is 19.4 Å². The zero-order chi connectivity index (χ0) is 13.4. The lowest BCUT2D eigenvalue weighted by Crippen LogP contribution is -2.41. The summed E-state index contributed by atoms with van der Waals surface area (Å²) in [4.78, 5) is 25.8. The zero-order valence-electron chi connectivity index (χ0n) is 10.4. The molecule has 0 spiro atoms. The second-order valence-electron chi connectivity index (χ2n) is 4.98. The highest BCUT2D eigenvalue weighted by Crippen LogP contribution is 2.40. The van der Waals surface area contributed by atoms with Gasteiger partial charge in [-0.1, -0.05) is 18.2 Å². The number of hydrogen-bond donors (Lipinski definition) is 1. The topological polar surface area (TPSA) is 57.6 Å². The summed E-state index contributed by atoms with van der Waals surface area (Å²) >= 11 is 1.78. The van der Waals surface area contributed by atoms with Gasteiger partial charge in [0.05, 0.1) is 0 Å². The molecule has 1 amide bonds. The lowest BCUT2D eigenvalue weighted by molar-refractivity contribution is -0.146. The van der Waals surface area contributed by atoms with Gasteiger partial charge in [0.15, 0.2) is 0 Å². The first-order valence-electron chi connectivity index (χ1n) is 6.41. The van der Waals surface area contributed by atoms with E-state index < -0.39 is 12.0 Å². The van der Waals surface area contributed by atoms with Crippen LogP contribution in [0, 0.1) is 0 Å². The first-order chi connectivity index (χ1) is 9.16. The molecule has 2 heterocycles. The molecule has 0 aromatic heterocycles. The molecule has 4 nitrogen and oxygen atoms in total. The van der Waals surface area contributed by atoms with E-state index in [0.717, 1.165) is 5.75 Å². The fourth-order valence-electron chi connectivity index (χ4n) is 2.84. The average Bonchev–Trinajstić information content (AvgIpc) is 2.96. The number of likely N-dealkylation sites (tertiary alicyclic amines) is 1. The van der Waals surface area contributed by atoms with Crippen LogP contribution in [0.25, 0.3) is 0 Å². The van der Waals surface area contributed by atoms with Crippen LogP contribution < -0.4 is 0 Å². The van der Waals surface area contributed by atoms with Crippen molar-refractivity contribution >= 4 is 23.6 Å². The standard InChI is InChI=1S/C14H15NO3S/c16-13-6-5-11(14(17)18)15(13)7-9-8-19-12-4-2-1-3-10(9)12/h1-4,9,11H,5-8H2,(H,17,18). The summed E-state index contributed by atoms with van der Waals surface area (Å²) in [5.74, 6) is 0.270. The molecule has 2 unspecified atom stereocenters. The van der Waals surface area contributed by atoms with Crippen LogP contribution in [-0.2, 0) is 9.59 Å². The number of carbonyl (C=O) groups excluding carboxylic acids is 1. The number of nitrogens with zero attached hydrogens (tertiary/aromatic N) is 1. The molecule has 0 bridgehead atoms. The summed E-state index contributed by atoms with van der Waals surface area (Å²) in [6, 6.07) is 7.54. The van der Waals surface area contributed by atoms with Gasteiger partial charge in [-0.3, -0.25) is 4.79 Å². The Hall–Kier alpha value is -1.49. The molecule has 1 aromatic carbocycles. The fourth-order valence-corrected chi connectivity index (χ4v) is 4.08. The normalized spacial score (nSPS) is 25.7. The van der Waals surface area contributed by atoms with Crippen molar-refractivity contribution < 1.29 is 14.7 Å². The van der Waals surface area contributed by atoms with E-state index in [2.05, 4.69) is 12.1 Å². The minimum absolute atomic E-state index is 0.0261. The number of benzene rings is 1. The van der Waals surface area contributed by atoms with E-state index in [1.807, 2.05) is 12.1 Å². The van der Waals surface area contributed by atoms with Gasteiger partial charge in [0, 0.05) is 29.5 Å². The van der Waals surface area contributed by atoms with Crippen molar-refractivity contribution in [3.63, 3.8) is 0 Å². The second-order valence-corrected chi connectivity index (χ2v) is 6.05. The highest BCUT2D eigenvalue weighted by molar-refractivity contribution is 7.99. The van der Waals surface area contributed by atoms with E-state index >= 15 is 0 Å². The van der Waals surface area contributed by atoms with E-state index in [1.165, 1.54) is 10.5 Å². The molecule has 1 aromatic rings. The number of thioether (sulfide) groups is 1. The molecule has 1 fully saturated rings. The highest BCUT2D eigenvalue weighted by atomic mass is 32.2. The molecule has 19 heavy (non-hydrogen) atoms. The molecule has 3 rings (SSSR count). The van der Waals surface area contributed by atoms with Gasteiger partial charge in [0.2, 0.25) is 5.91 Å². The van der Waals surface area contributed by atoms with Crippen LogP contribution in [0.2, 0.25) is 0 Å². The Labute approximate surface area is 115 Å². The molecule has 1 saturated heterocycles. The summed E-state index contributed by atoms with van der Waals surface area (Å²) in [7, 11) is 0. The summed E-state index contributed by atoms with van der Waals surface area (Å²) in [5.41, 5.74) is 1.25. The maximum atomic E-state index is 11.8. The van der Waals surface area contributed by atoms with Crippen LogP contribution in [-0.4, -0.2) is 40.2 Å². The van der Waals surface area contributed by atoms with E-state index in [1.54, 1.807) is 16.7 Å². The maximum absolute atomic E-state index is 11.8. The number of carbonyl (C=O) groups is 2. The van der Waals surface area contributed by atoms with Gasteiger partial charge in [0.1, 0.15) is 6.04 Å². The Morgan fingerprint density at radius 3 is 3.00 bits per heavy atom. The third-order valence-corrected chi connectivity index (χ3v) is 5.08. The Balaban J connectivity index is 1.79. The van der Waals surface area contributed by atoms with Gasteiger partial charge in [0.25, 0.3) is 0 Å². The van der Waals surface area contributed by atoms with Crippen molar-refractivity contribution in [2.45, 2.75) is 29.7 Å². The molecule has 2 aliphatic rings. The predicted molar refractivity (Wildman–Crippen MR) is 72.3 cm³/mol. The molecular formula is C14H15NO3S. The smallest absolute Gasteiger partial charge is 0.326 e. The molecule has 5 heteroatoms. The Morgan fingerprint density at radius 1 is 1.42 bits per heavy atom. The highest BCUT2D eigenvalue weighted by Gasteiger charge is 2.38. The van der Waals surface area contributed by atoms with Crippen molar-refractivity contribution in [1.29, 1.82) is 0 Å². The van der Waals surface area contributed by atoms with Crippen LogP contribution in [0.4, 0.5) is 0 Å². The van der Waals surface area contributed by atoms with E-state index in [4.69, 9.17) is 0 Å². The van der Waals surface area contributed by atoms with Crippen molar-refractivity contribution in [1.82, 2.24) is 4.90 Å². The minimum Gasteiger partial charge on any atom is -0.480 e. The average molecular weight is 277 g/mol. The number of rotatable bonds is 3. The predicted octanol–water partition coefficient (Wildman–Crippen LogP) is 1.95. The lowest BCUT2D eigenvalue weighted by atomic mass is 10.0. The van der Waals surface area contributed by atoms with Crippen LogP contribution in [0.3, 0.4) is 0 Å². The fraction of sp³-hybridized carbons (Fsp3) is 0.429. The number of fused-ring (bicyclic) bond motifs is 1. The van der Waals surface area contributed by atoms with Crippen molar-refractivity contribution in [3.05, 3.63) is 29.8 Å². The van der Waals surface area contributed by atoms with E-state index in [9.17, 15) is 14.7 Å². The summed E-state index contributed by atoms with van der Waals surface area (Å²) < 4.78 is 0. The molecule has 2 atom stereocenters. The van der Waals surface area contributed by atoms with Gasteiger partial charge in [-0.05, 0) is 18.1 Å². The largest absolute Gasteiger partial charge is 0.480 e. The molecule has 2 aliphatic heterocycles. The summed E-state index contributed by atoms with van der Waals surface area (Å²) in [5, 5.41) is 9.17. The third-order valence-electron chi connectivity index (χ3n) is 3.83. The molecule has 0 saturated carbocycles. The van der Waals surface area contributed by atoms with Gasteiger partial charge in [-0.15, -0.1) is 11.8 Å². The number of carboxylic acids is 1. The first kappa shape index (κ1) is 12.5. The quantitative estimate of drug-likeness (QED) is 0.917. The van der Waals surface area contributed by atoms with Crippen molar-refractivity contribution in [2.24, 2.45) is 0 Å². The second kappa shape index (κ2) is 4.89. The Bertz CT molecular complexity index is 531. The Kier molecular flexibility index (Phi) is 3.22. The molecule has 0 aliphatic carbocycles. The molecular weight excluding hydrogens is 262 g/mol. The van der Waals surface area contributed by atoms with Gasteiger partial charge in [-0.25, -0.2) is 4.79 Å². The number of amides is 1. The van der Waals surface area contributed by atoms with Crippen molar-refractivity contribution in [2.75, 3.05) is 12.3 Å². The lowest BCUT2D eigenvalue weighted by Gasteiger charge is -2.25. The van der Waals surface area contributed by atoms with Crippen LogP contribution in [0.15, 0.2) is 29.2 Å². The first-order valence-corrected chi connectivity index (χ1v) is 7.39. The molecule has 1 N–H and O–H groups in total. The van der Waals surface area contributed by atoms with Crippen LogP contribution in [0.1, 0.15) is 24.3 Å². The van der Waals surface area contributed by atoms with Gasteiger partial charge in [-0.2, -0.15) is 0 Å². The summed E-state index contributed by atoms with van der Waals surface area (Å²) in [6.45, 7) is 0.528. The molecule has 0 radical (unpaired) electrons. The van der Waals surface area contributed by atoms with Gasteiger partial charge < -0.3 is 10.0 Å². The van der Waals surface area contributed by atoms with Crippen molar-refractivity contribution in [3.8, 4) is 0 Å². The number of carboxylic acid groups (broad SMARTS) is 1. The third kappa shape index (κ3) is 2.23. The minimum atomic E-state index is -0.884. The number of aliphatic carboxylic acids is 1. The molecule has 100 valence electrons. The van der Waals surface area contributed by atoms with Gasteiger partial charge >= 0.3 is 5.97 Å². The van der Waals surface area contributed by atoms with Crippen LogP contribution >= 0.6 is 11.8 Å². The monoisotopic (exact) mass is 277 g/mol. The van der Waals surface area contributed by atoms with Crippen LogP contribution in [0.5, 0.6) is 0 Å². The zero-order valence-corrected chi connectivity index (χ0v) is 11.2. The SMILES string of the molecule is O=C(O)C1CCC(=O)N1CC1CSc2ccccc21. The number of hydrogen-bond acceptors (Lipinski definition) is 3. The Morgan fingerprint density at radius 2 is 2.21 bits per heavy atom. The van der Waals surface area contributed by atoms with E-state index in [-0.39, 0.29) is 11.8 Å². The maximum Gasteiger partial charge on any atom is 0.326 e.